The first kappa shape index (κ1) is 25.6. The molecule has 10 nitrogen and oxygen atoms in total. The Hall–Kier alpha value is -3.02. The fourth-order valence-corrected chi connectivity index (χ4v) is 4.73. The van der Waals surface area contributed by atoms with Gasteiger partial charge in [0.25, 0.3) is 5.69 Å². The van der Waals surface area contributed by atoms with Crippen molar-refractivity contribution >= 4 is 27.3 Å². The summed E-state index contributed by atoms with van der Waals surface area (Å²) in [5, 5.41) is 13.9. The van der Waals surface area contributed by atoms with Gasteiger partial charge in [-0.3, -0.25) is 24.1 Å². The first-order valence-corrected chi connectivity index (χ1v) is 12.9. The molecule has 1 N–H and O–H groups in total. The van der Waals surface area contributed by atoms with Gasteiger partial charge in [0.05, 0.1) is 30.1 Å². The second-order valence-electron chi connectivity index (χ2n) is 8.20. The van der Waals surface area contributed by atoms with Gasteiger partial charge in [-0.15, -0.1) is 0 Å². The van der Waals surface area contributed by atoms with E-state index in [0.717, 1.165) is 49.0 Å². The predicted molar refractivity (Wildman–Crippen MR) is 129 cm³/mol. The number of sulfonamides is 1. The number of nitrogens with zero attached hydrogens (tertiary/aromatic N) is 3. The van der Waals surface area contributed by atoms with Crippen molar-refractivity contribution in [2.45, 2.75) is 25.9 Å². The Kier molecular flexibility index (Phi) is 8.97. The average Bonchev–Trinajstić information content (AvgIpc) is 2.80. The smallest absolute Gasteiger partial charge is 0.271 e. The third-order valence-corrected chi connectivity index (χ3v) is 6.68. The van der Waals surface area contributed by atoms with Crippen LogP contribution in [0.3, 0.4) is 0 Å². The van der Waals surface area contributed by atoms with Gasteiger partial charge in [-0.25, -0.2) is 8.42 Å². The molecule has 2 aromatic rings. The van der Waals surface area contributed by atoms with Crippen LogP contribution in [0.2, 0.25) is 0 Å². The fourth-order valence-electron chi connectivity index (χ4n) is 3.78. The van der Waals surface area contributed by atoms with Gasteiger partial charge >= 0.3 is 0 Å². The molecule has 1 aliphatic rings. The van der Waals surface area contributed by atoms with E-state index in [1.54, 1.807) is 0 Å². The summed E-state index contributed by atoms with van der Waals surface area (Å²) >= 11 is 0. The van der Waals surface area contributed by atoms with Crippen molar-refractivity contribution in [3.8, 4) is 0 Å². The van der Waals surface area contributed by atoms with E-state index in [0.29, 0.717) is 6.54 Å². The zero-order valence-corrected chi connectivity index (χ0v) is 20.0. The number of carbonyl (C=O) groups excluding carboxylic acids is 1. The summed E-state index contributed by atoms with van der Waals surface area (Å²) < 4.78 is 30.9. The minimum atomic E-state index is -3.66. The van der Waals surface area contributed by atoms with Crippen LogP contribution in [0.5, 0.6) is 0 Å². The number of morpholine rings is 1. The summed E-state index contributed by atoms with van der Waals surface area (Å²) in [6.45, 7) is 4.56. The predicted octanol–water partition coefficient (Wildman–Crippen LogP) is 2.29. The zero-order valence-electron chi connectivity index (χ0n) is 19.2. The van der Waals surface area contributed by atoms with E-state index in [-0.39, 0.29) is 36.7 Å². The highest BCUT2D eigenvalue weighted by Crippen LogP contribution is 2.23. The average molecular weight is 491 g/mol. The Morgan fingerprint density at radius 2 is 1.85 bits per heavy atom. The van der Waals surface area contributed by atoms with Gasteiger partial charge in [-0.05, 0) is 23.6 Å². The fraction of sp³-hybridized carbons (Fsp3) is 0.435. The maximum atomic E-state index is 12.3. The van der Waals surface area contributed by atoms with Crippen molar-refractivity contribution < 1.29 is 22.9 Å². The van der Waals surface area contributed by atoms with Gasteiger partial charge in [-0.1, -0.05) is 30.3 Å². The second kappa shape index (κ2) is 11.9. The molecule has 0 aliphatic carbocycles. The molecular weight excluding hydrogens is 460 g/mol. The summed E-state index contributed by atoms with van der Waals surface area (Å²) in [4.78, 5) is 25.1. The molecule has 2 aromatic carbocycles. The van der Waals surface area contributed by atoms with Crippen LogP contribution in [0.25, 0.3) is 0 Å². The highest BCUT2D eigenvalue weighted by molar-refractivity contribution is 7.92. The van der Waals surface area contributed by atoms with Crippen LogP contribution in [0, 0.1) is 10.1 Å². The Bertz CT molecular complexity index is 1100. The molecule has 3 rings (SSSR count). The molecule has 0 saturated carbocycles. The van der Waals surface area contributed by atoms with Crippen molar-refractivity contribution in [2.75, 3.05) is 43.4 Å². The van der Waals surface area contributed by atoms with E-state index >= 15 is 0 Å². The highest BCUT2D eigenvalue weighted by atomic mass is 32.2. The van der Waals surface area contributed by atoms with E-state index < -0.39 is 14.9 Å². The Morgan fingerprint density at radius 3 is 2.56 bits per heavy atom. The van der Waals surface area contributed by atoms with Crippen molar-refractivity contribution in [1.29, 1.82) is 0 Å². The SMILES string of the molecule is CS(=O)(=O)N(CCCC(=O)NCc1cccc(CN2CCOCC2)c1)c1cccc([N+](=O)[O-])c1. The first-order chi connectivity index (χ1) is 16.2. The molecule has 0 unspecified atom stereocenters. The van der Waals surface area contributed by atoms with Crippen LogP contribution in [-0.4, -0.2) is 63.3 Å². The molecule has 1 amide bonds. The van der Waals surface area contributed by atoms with E-state index in [1.807, 2.05) is 12.1 Å². The van der Waals surface area contributed by atoms with Crippen LogP contribution < -0.4 is 9.62 Å². The van der Waals surface area contributed by atoms with Crippen molar-refractivity contribution in [3.63, 3.8) is 0 Å². The standard InChI is InChI=1S/C23H30N4O6S/c1-34(31,32)26(21-7-3-8-22(16-21)27(29)30)10-4-9-23(28)24-17-19-5-2-6-20(15-19)18-25-11-13-33-14-12-25/h2-3,5-8,15-16H,4,9-14,17-18H2,1H3,(H,24,28). The lowest BCUT2D eigenvalue weighted by atomic mass is 10.1. The molecule has 0 atom stereocenters. The third-order valence-electron chi connectivity index (χ3n) is 5.48. The molecule has 0 spiro atoms. The molecule has 1 saturated heterocycles. The van der Waals surface area contributed by atoms with Gasteiger partial charge in [0.15, 0.2) is 0 Å². The molecule has 1 heterocycles. The summed E-state index contributed by atoms with van der Waals surface area (Å²) in [6.07, 6.45) is 1.45. The number of nitrogens with one attached hydrogen (secondary N) is 1. The molecule has 0 aromatic heterocycles. The number of anilines is 1. The topological polar surface area (TPSA) is 122 Å². The zero-order chi connectivity index (χ0) is 24.6. The highest BCUT2D eigenvalue weighted by Gasteiger charge is 2.20. The van der Waals surface area contributed by atoms with E-state index in [1.165, 1.54) is 29.8 Å². The first-order valence-electron chi connectivity index (χ1n) is 11.1. The Balaban J connectivity index is 1.50. The number of nitro groups is 1. The Labute approximate surface area is 199 Å². The van der Waals surface area contributed by atoms with Crippen LogP contribution in [0.1, 0.15) is 24.0 Å². The maximum absolute atomic E-state index is 12.3. The molecular formula is C23H30N4O6S. The van der Waals surface area contributed by atoms with Crippen molar-refractivity contribution in [2.24, 2.45) is 0 Å². The minimum absolute atomic E-state index is 0.0441. The molecule has 1 aliphatic heterocycles. The largest absolute Gasteiger partial charge is 0.379 e. The molecule has 184 valence electrons. The van der Waals surface area contributed by atoms with E-state index in [2.05, 4.69) is 22.3 Å². The van der Waals surface area contributed by atoms with Gasteiger partial charge in [0, 0.05) is 51.3 Å². The number of rotatable bonds is 11. The summed E-state index contributed by atoms with van der Waals surface area (Å²) in [5.74, 6) is -0.189. The number of hydrogen-bond donors (Lipinski definition) is 1. The number of hydrogen-bond acceptors (Lipinski definition) is 7. The van der Waals surface area contributed by atoms with E-state index in [9.17, 15) is 23.3 Å². The number of ether oxygens (including phenoxy) is 1. The summed E-state index contributed by atoms with van der Waals surface area (Å²) in [5.41, 5.74) is 2.18. The molecule has 0 radical (unpaired) electrons. The molecule has 1 fully saturated rings. The lowest BCUT2D eigenvalue weighted by Crippen LogP contribution is -2.35. The number of nitro benzene ring substituents is 1. The third kappa shape index (κ3) is 7.79. The summed E-state index contributed by atoms with van der Waals surface area (Å²) in [7, 11) is -3.66. The number of amides is 1. The van der Waals surface area contributed by atoms with Crippen LogP contribution in [-0.2, 0) is 32.6 Å². The van der Waals surface area contributed by atoms with E-state index in [4.69, 9.17) is 4.74 Å². The number of carbonyl (C=O) groups is 1. The molecule has 34 heavy (non-hydrogen) atoms. The van der Waals surface area contributed by atoms with Crippen LogP contribution >= 0.6 is 0 Å². The lowest BCUT2D eigenvalue weighted by Gasteiger charge is -2.26. The lowest BCUT2D eigenvalue weighted by molar-refractivity contribution is -0.384. The van der Waals surface area contributed by atoms with Gasteiger partial charge < -0.3 is 10.1 Å². The molecule has 0 bridgehead atoms. The van der Waals surface area contributed by atoms with Crippen molar-refractivity contribution in [3.05, 3.63) is 69.8 Å². The quantitative estimate of drug-likeness (QED) is 0.379. The van der Waals surface area contributed by atoms with Crippen LogP contribution in [0.15, 0.2) is 48.5 Å². The second-order valence-corrected chi connectivity index (χ2v) is 10.1. The number of non-ortho nitro benzene ring substituents is 1. The number of benzene rings is 2. The molecule has 11 heteroatoms. The van der Waals surface area contributed by atoms with Crippen molar-refractivity contribution in [1.82, 2.24) is 10.2 Å². The van der Waals surface area contributed by atoms with Gasteiger partial charge in [0.1, 0.15) is 0 Å². The Morgan fingerprint density at radius 1 is 1.15 bits per heavy atom. The normalized spacial score (nSPS) is 14.5. The maximum Gasteiger partial charge on any atom is 0.271 e. The van der Waals surface area contributed by atoms with Gasteiger partial charge in [0.2, 0.25) is 15.9 Å². The van der Waals surface area contributed by atoms with Gasteiger partial charge in [-0.2, -0.15) is 0 Å². The minimum Gasteiger partial charge on any atom is -0.379 e. The monoisotopic (exact) mass is 490 g/mol. The van der Waals surface area contributed by atoms with Crippen LogP contribution in [0.4, 0.5) is 11.4 Å². The summed E-state index contributed by atoms with van der Waals surface area (Å²) in [6, 6.07) is 13.5.